The van der Waals surface area contributed by atoms with Crippen LogP contribution in [0.15, 0.2) is 48.5 Å². The van der Waals surface area contributed by atoms with Gasteiger partial charge in [0.05, 0.1) is 26.9 Å². The second kappa shape index (κ2) is 10.5. The van der Waals surface area contributed by atoms with Crippen molar-refractivity contribution in [3.8, 4) is 23.3 Å². The van der Waals surface area contributed by atoms with E-state index in [1.165, 1.54) is 6.08 Å². The van der Waals surface area contributed by atoms with Gasteiger partial charge in [0, 0.05) is 24.3 Å². The number of nitrogens with one attached hydrogen (secondary N) is 1. The quantitative estimate of drug-likeness (QED) is 0.535. The predicted molar refractivity (Wildman–Crippen MR) is 104 cm³/mol. The molecule has 140 valence electrons. The van der Waals surface area contributed by atoms with Crippen LogP contribution in [0, 0.1) is 11.3 Å². The number of unbranched alkanes of at least 4 members (excludes halogenated alkanes) is 1. The summed E-state index contributed by atoms with van der Waals surface area (Å²) in [6, 6.07) is 14.6. The lowest BCUT2D eigenvalue weighted by Crippen LogP contribution is -2.08. The highest BCUT2D eigenvalue weighted by Crippen LogP contribution is 2.28. The molecule has 0 aromatic heterocycles. The molecule has 6 nitrogen and oxygen atoms in total. The number of carbonyl (C=O) groups excluding carboxylic acids is 1. The van der Waals surface area contributed by atoms with E-state index >= 15 is 0 Å². The number of nitrogens with zero attached hydrogens (tertiary/aromatic N) is 1. The Labute approximate surface area is 159 Å². The average Bonchev–Trinajstić information content (AvgIpc) is 2.69. The first-order chi connectivity index (χ1) is 13.2. The maximum absolute atomic E-state index is 12.1. The first-order valence-corrected chi connectivity index (χ1v) is 8.47. The summed E-state index contributed by atoms with van der Waals surface area (Å²) in [7, 11) is 3.13. The van der Waals surface area contributed by atoms with Crippen LogP contribution < -0.4 is 19.5 Å². The Morgan fingerprint density at radius 2 is 1.96 bits per heavy atom. The third kappa shape index (κ3) is 6.40. The molecular weight excluding hydrogens is 344 g/mol. The summed E-state index contributed by atoms with van der Waals surface area (Å²) in [4.78, 5) is 12.1. The molecule has 0 radical (unpaired) electrons. The molecule has 0 saturated heterocycles. The van der Waals surface area contributed by atoms with Crippen molar-refractivity contribution in [3.05, 3.63) is 54.1 Å². The van der Waals surface area contributed by atoms with Crippen molar-refractivity contribution in [2.75, 3.05) is 26.1 Å². The van der Waals surface area contributed by atoms with Crippen molar-refractivity contribution in [1.82, 2.24) is 0 Å². The maximum Gasteiger partial charge on any atom is 0.248 e. The molecule has 0 atom stereocenters. The second-order valence-corrected chi connectivity index (χ2v) is 5.57. The van der Waals surface area contributed by atoms with Crippen LogP contribution in [0.25, 0.3) is 6.08 Å². The SMILES string of the molecule is COc1ccc(/C=C/C(=O)Nc2cccc(OCCCC#N)c2)cc1OC. The molecule has 0 aliphatic heterocycles. The summed E-state index contributed by atoms with van der Waals surface area (Å²) < 4.78 is 16.0. The minimum atomic E-state index is -0.258. The number of amides is 1. The molecule has 0 bridgehead atoms. The number of nitriles is 1. The second-order valence-electron chi connectivity index (χ2n) is 5.57. The molecule has 1 amide bonds. The van der Waals surface area contributed by atoms with Gasteiger partial charge in [-0.3, -0.25) is 4.79 Å². The van der Waals surface area contributed by atoms with Gasteiger partial charge in [-0.05, 0) is 42.3 Å². The summed E-state index contributed by atoms with van der Waals surface area (Å²) in [6.45, 7) is 0.462. The van der Waals surface area contributed by atoms with Gasteiger partial charge in [-0.15, -0.1) is 0 Å². The molecule has 0 aliphatic rings. The van der Waals surface area contributed by atoms with E-state index in [2.05, 4.69) is 11.4 Å². The fourth-order valence-electron chi connectivity index (χ4n) is 2.32. The highest BCUT2D eigenvalue weighted by Gasteiger charge is 2.04. The smallest absolute Gasteiger partial charge is 0.248 e. The molecule has 6 heteroatoms. The van der Waals surface area contributed by atoms with E-state index in [1.807, 2.05) is 12.1 Å². The molecule has 0 heterocycles. The minimum Gasteiger partial charge on any atom is -0.493 e. The highest BCUT2D eigenvalue weighted by atomic mass is 16.5. The zero-order chi connectivity index (χ0) is 19.5. The van der Waals surface area contributed by atoms with Gasteiger partial charge in [0.15, 0.2) is 11.5 Å². The number of methoxy groups -OCH3 is 2. The number of anilines is 1. The van der Waals surface area contributed by atoms with Gasteiger partial charge in [0.2, 0.25) is 5.91 Å². The normalized spacial score (nSPS) is 10.3. The standard InChI is InChI=1S/C21H22N2O4/c1-25-19-10-8-16(14-20(19)26-2)9-11-21(24)23-17-6-5-7-18(15-17)27-13-4-3-12-22/h5-11,14-15H,3-4,13H2,1-2H3,(H,23,24)/b11-9+. The highest BCUT2D eigenvalue weighted by molar-refractivity contribution is 6.02. The molecule has 2 aromatic carbocycles. The molecule has 2 rings (SSSR count). The molecule has 27 heavy (non-hydrogen) atoms. The number of benzene rings is 2. The van der Waals surface area contributed by atoms with Crippen LogP contribution in [0.2, 0.25) is 0 Å². The van der Waals surface area contributed by atoms with Crippen LogP contribution in [-0.2, 0) is 4.79 Å². The summed E-state index contributed by atoms with van der Waals surface area (Å²) >= 11 is 0. The Balaban J connectivity index is 1.95. The topological polar surface area (TPSA) is 80.6 Å². The fraction of sp³-hybridized carbons (Fsp3) is 0.238. The summed E-state index contributed by atoms with van der Waals surface area (Å²) in [5, 5.41) is 11.3. The van der Waals surface area contributed by atoms with E-state index in [1.54, 1.807) is 50.6 Å². The Morgan fingerprint density at radius 1 is 1.15 bits per heavy atom. The number of ether oxygens (including phenoxy) is 3. The Morgan fingerprint density at radius 3 is 2.70 bits per heavy atom. The summed E-state index contributed by atoms with van der Waals surface area (Å²) in [5.74, 6) is 1.62. The minimum absolute atomic E-state index is 0.258. The van der Waals surface area contributed by atoms with E-state index in [4.69, 9.17) is 19.5 Å². The van der Waals surface area contributed by atoms with Crippen molar-refractivity contribution in [3.63, 3.8) is 0 Å². The Bertz CT molecular complexity index is 840. The van der Waals surface area contributed by atoms with E-state index in [-0.39, 0.29) is 5.91 Å². The number of hydrogen-bond acceptors (Lipinski definition) is 5. The fourth-order valence-corrected chi connectivity index (χ4v) is 2.32. The van der Waals surface area contributed by atoms with Gasteiger partial charge in [-0.1, -0.05) is 12.1 Å². The lowest BCUT2D eigenvalue weighted by Gasteiger charge is -2.08. The number of hydrogen-bond donors (Lipinski definition) is 1. The third-order valence-corrected chi connectivity index (χ3v) is 3.64. The zero-order valence-corrected chi connectivity index (χ0v) is 15.4. The lowest BCUT2D eigenvalue weighted by atomic mass is 10.2. The first kappa shape index (κ1) is 19.9. The van der Waals surface area contributed by atoms with Crippen LogP contribution in [0.1, 0.15) is 18.4 Å². The van der Waals surface area contributed by atoms with Gasteiger partial charge in [-0.25, -0.2) is 0 Å². The average molecular weight is 366 g/mol. The molecular formula is C21H22N2O4. The van der Waals surface area contributed by atoms with E-state index in [9.17, 15) is 4.79 Å². The molecule has 0 spiro atoms. The summed E-state index contributed by atoms with van der Waals surface area (Å²) in [5.41, 5.74) is 1.45. The van der Waals surface area contributed by atoms with Crippen LogP contribution in [0.4, 0.5) is 5.69 Å². The first-order valence-electron chi connectivity index (χ1n) is 8.47. The number of carbonyl (C=O) groups is 1. The van der Waals surface area contributed by atoms with Gasteiger partial charge in [0.1, 0.15) is 5.75 Å². The van der Waals surface area contributed by atoms with Crippen LogP contribution >= 0.6 is 0 Å². The lowest BCUT2D eigenvalue weighted by molar-refractivity contribution is -0.111. The largest absolute Gasteiger partial charge is 0.493 e. The zero-order valence-electron chi connectivity index (χ0n) is 15.4. The van der Waals surface area contributed by atoms with Gasteiger partial charge in [-0.2, -0.15) is 5.26 Å². The van der Waals surface area contributed by atoms with E-state index < -0.39 is 0 Å². The van der Waals surface area contributed by atoms with Crippen molar-refractivity contribution < 1.29 is 19.0 Å². The molecule has 0 aliphatic carbocycles. The number of rotatable bonds is 9. The Hall–Kier alpha value is -3.46. The van der Waals surface area contributed by atoms with Gasteiger partial charge < -0.3 is 19.5 Å². The Kier molecular flexibility index (Phi) is 7.73. The third-order valence-electron chi connectivity index (χ3n) is 3.64. The van der Waals surface area contributed by atoms with E-state index in [0.717, 1.165) is 5.56 Å². The van der Waals surface area contributed by atoms with Crippen LogP contribution in [0.5, 0.6) is 17.2 Å². The van der Waals surface area contributed by atoms with Crippen molar-refractivity contribution in [1.29, 1.82) is 5.26 Å². The predicted octanol–water partition coefficient (Wildman–Crippen LogP) is 4.04. The van der Waals surface area contributed by atoms with Crippen LogP contribution in [0.3, 0.4) is 0 Å². The monoisotopic (exact) mass is 366 g/mol. The molecule has 0 unspecified atom stereocenters. The molecule has 1 N–H and O–H groups in total. The maximum atomic E-state index is 12.1. The van der Waals surface area contributed by atoms with Crippen molar-refractivity contribution >= 4 is 17.7 Å². The van der Waals surface area contributed by atoms with Gasteiger partial charge in [0.25, 0.3) is 0 Å². The van der Waals surface area contributed by atoms with Crippen molar-refractivity contribution in [2.24, 2.45) is 0 Å². The summed E-state index contributed by atoms with van der Waals surface area (Å²) in [6.07, 6.45) is 4.26. The van der Waals surface area contributed by atoms with E-state index in [0.29, 0.717) is 42.4 Å². The van der Waals surface area contributed by atoms with Crippen LogP contribution in [-0.4, -0.2) is 26.7 Å². The molecule has 0 saturated carbocycles. The molecule has 2 aromatic rings. The van der Waals surface area contributed by atoms with Crippen molar-refractivity contribution in [2.45, 2.75) is 12.8 Å². The molecule has 0 fully saturated rings. The van der Waals surface area contributed by atoms with Gasteiger partial charge >= 0.3 is 0 Å².